The molecule has 5 heteroatoms. The highest BCUT2D eigenvalue weighted by molar-refractivity contribution is 5.32. The third-order valence-corrected chi connectivity index (χ3v) is 2.07. The van der Waals surface area contributed by atoms with E-state index >= 15 is 0 Å². The van der Waals surface area contributed by atoms with Gasteiger partial charge in [-0.15, -0.1) is 0 Å². The largest absolute Gasteiger partial charge is 0.263 e. The fraction of sp³-hybridized carbons (Fsp3) is 0.364. The Labute approximate surface area is 90.3 Å². The lowest BCUT2D eigenvalue weighted by atomic mass is 10.0. The molecular formula is C11H9F4N. The zero-order valence-corrected chi connectivity index (χ0v) is 8.26. The fourth-order valence-electron chi connectivity index (χ4n) is 1.34. The summed E-state index contributed by atoms with van der Waals surface area (Å²) in [5.74, 6) is 0. The van der Waals surface area contributed by atoms with Crippen molar-refractivity contribution in [2.75, 3.05) is 0 Å². The summed E-state index contributed by atoms with van der Waals surface area (Å²) in [5, 5.41) is 8.34. The van der Waals surface area contributed by atoms with Crippen LogP contribution in [0.3, 0.4) is 0 Å². The smallest absolute Gasteiger partial charge is 0.205 e. The second-order valence-corrected chi connectivity index (χ2v) is 3.27. The summed E-state index contributed by atoms with van der Waals surface area (Å²) in [5.41, 5.74) is -0.508. The summed E-state index contributed by atoms with van der Waals surface area (Å²) in [7, 11) is 0. The average molecular weight is 231 g/mol. The number of nitriles is 1. The second-order valence-electron chi connectivity index (χ2n) is 3.27. The molecule has 0 heterocycles. The summed E-state index contributed by atoms with van der Waals surface area (Å²) < 4.78 is 49.6. The molecule has 0 bridgehead atoms. The highest BCUT2D eigenvalue weighted by atomic mass is 19.3. The number of hydrogen-bond donors (Lipinski definition) is 0. The molecule has 86 valence electrons. The van der Waals surface area contributed by atoms with Gasteiger partial charge in [0.2, 0.25) is 0 Å². The zero-order valence-electron chi connectivity index (χ0n) is 8.26. The number of rotatable bonds is 4. The van der Waals surface area contributed by atoms with Crippen LogP contribution in [0.2, 0.25) is 0 Å². The maximum Gasteiger partial charge on any atom is 0.263 e. The van der Waals surface area contributed by atoms with Crippen molar-refractivity contribution < 1.29 is 17.6 Å². The van der Waals surface area contributed by atoms with Crippen LogP contribution in [0.4, 0.5) is 17.6 Å². The summed E-state index contributed by atoms with van der Waals surface area (Å²) in [6, 6.07) is 4.96. The zero-order chi connectivity index (χ0) is 12.1. The Kier molecular flexibility index (Phi) is 4.29. The number of aryl methyl sites for hydroxylation is 1. The van der Waals surface area contributed by atoms with Crippen LogP contribution in [0.1, 0.15) is 36.0 Å². The molecule has 0 unspecified atom stereocenters. The predicted molar refractivity (Wildman–Crippen MR) is 50.3 cm³/mol. The normalized spacial score (nSPS) is 10.8. The number of benzene rings is 1. The van der Waals surface area contributed by atoms with E-state index in [1.165, 1.54) is 0 Å². The summed E-state index contributed by atoms with van der Waals surface area (Å²) in [6.45, 7) is 0. The van der Waals surface area contributed by atoms with Gasteiger partial charge in [-0.25, -0.2) is 17.6 Å². The van der Waals surface area contributed by atoms with E-state index in [-0.39, 0.29) is 12.8 Å². The molecule has 0 spiro atoms. The van der Waals surface area contributed by atoms with E-state index in [9.17, 15) is 17.6 Å². The molecule has 0 aliphatic carbocycles. The van der Waals surface area contributed by atoms with Crippen molar-refractivity contribution in [3.8, 4) is 6.07 Å². The van der Waals surface area contributed by atoms with Crippen LogP contribution in [0.25, 0.3) is 0 Å². The number of halogens is 4. The van der Waals surface area contributed by atoms with Crippen molar-refractivity contribution in [3.63, 3.8) is 0 Å². The molecule has 0 fully saturated rings. The molecule has 1 aromatic carbocycles. The van der Waals surface area contributed by atoms with Crippen LogP contribution < -0.4 is 0 Å². The summed E-state index contributed by atoms with van der Waals surface area (Å²) in [4.78, 5) is 0. The van der Waals surface area contributed by atoms with Crippen molar-refractivity contribution in [3.05, 3.63) is 34.9 Å². The molecule has 0 aliphatic heterocycles. The monoisotopic (exact) mass is 231 g/mol. The quantitative estimate of drug-likeness (QED) is 0.718. The fourth-order valence-corrected chi connectivity index (χ4v) is 1.34. The second kappa shape index (κ2) is 5.50. The van der Waals surface area contributed by atoms with Gasteiger partial charge in [0.25, 0.3) is 12.9 Å². The molecule has 1 nitrogen and oxygen atoms in total. The van der Waals surface area contributed by atoms with Gasteiger partial charge < -0.3 is 0 Å². The van der Waals surface area contributed by atoms with Gasteiger partial charge in [-0.1, -0.05) is 12.1 Å². The molecule has 0 amide bonds. The Balaban J connectivity index is 3.04. The molecule has 1 rings (SSSR count). The van der Waals surface area contributed by atoms with E-state index in [1.807, 2.05) is 6.07 Å². The number of alkyl halides is 4. The third-order valence-electron chi connectivity index (χ3n) is 2.07. The molecule has 0 aromatic heterocycles. The standard InChI is InChI=1S/C11H9F4N/c12-10(13)8-4-7(2-1-3-16)5-9(6-8)11(14)15/h4-6,10-11H,1-2H2. The minimum atomic E-state index is -2.78. The van der Waals surface area contributed by atoms with Crippen molar-refractivity contribution in [2.45, 2.75) is 25.7 Å². The lowest BCUT2D eigenvalue weighted by molar-refractivity contribution is 0.144. The van der Waals surface area contributed by atoms with Crippen molar-refractivity contribution in [2.24, 2.45) is 0 Å². The van der Waals surface area contributed by atoms with Crippen molar-refractivity contribution in [1.29, 1.82) is 5.26 Å². The van der Waals surface area contributed by atoms with E-state index in [1.54, 1.807) is 0 Å². The topological polar surface area (TPSA) is 23.8 Å². The van der Waals surface area contributed by atoms with Crippen molar-refractivity contribution in [1.82, 2.24) is 0 Å². The highest BCUT2D eigenvalue weighted by Crippen LogP contribution is 2.27. The van der Waals surface area contributed by atoms with Gasteiger partial charge in [0.05, 0.1) is 6.07 Å². The van der Waals surface area contributed by atoms with Gasteiger partial charge in [-0.2, -0.15) is 5.26 Å². The first-order chi connectivity index (χ1) is 7.54. The van der Waals surface area contributed by atoms with Crippen LogP contribution in [0.5, 0.6) is 0 Å². The van der Waals surface area contributed by atoms with E-state index in [4.69, 9.17) is 5.26 Å². The van der Waals surface area contributed by atoms with E-state index in [0.717, 1.165) is 18.2 Å². The van der Waals surface area contributed by atoms with E-state index < -0.39 is 24.0 Å². The van der Waals surface area contributed by atoms with Gasteiger partial charge in [0.1, 0.15) is 0 Å². The highest BCUT2D eigenvalue weighted by Gasteiger charge is 2.14. The molecule has 0 radical (unpaired) electrons. The van der Waals surface area contributed by atoms with Gasteiger partial charge in [0, 0.05) is 17.5 Å². The van der Waals surface area contributed by atoms with E-state index in [0.29, 0.717) is 5.56 Å². The molecule has 0 N–H and O–H groups in total. The Morgan fingerprint density at radius 2 is 1.50 bits per heavy atom. The lowest BCUT2D eigenvalue weighted by Gasteiger charge is -2.07. The minimum Gasteiger partial charge on any atom is -0.205 e. The van der Waals surface area contributed by atoms with Gasteiger partial charge >= 0.3 is 0 Å². The lowest BCUT2D eigenvalue weighted by Crippen LogP contribution is -1.94. The van der Waals surface area contributed by atoms with Gasteiger partial charge in [-0.05, 0) is 18.1 Å². The maximum atomic E-state index is 12.4. The molecule has 16 heavy (non-hydrogen) atoms. The molecule has 0 atom stereocenters. The Hall–Kier alpha value is -1.57. The molecule has 0 aliphatic rings. The van der Waals surface area contributed by atoms with Crippen LogP contribution in [0, 0.1) is 11.3 Å². The SMILES string of the molecule is N#CCCc1cc(C(F)F)cc(C(F)F)c1. The Morgan fingerprint density at radius 3 is 1.88 bits per heavy atom. The molecule has 0 saturated heterocycles. The first-order valence-corrected chi connectivity index (χ1v) is 4.61. The first kappa shape index (κ1) is 12.5. The van der Waals surface area contributed by atoms with Crippen LogP contribution in [0.15, 0.2) is 18.2 Å². The van der Waals surface area contributed by atoms with Crippen molar-refractivity contribution >= 4 is 0 Å². The third kappa shape index (κ3) is 3.23. The predicted octanol–water partition coefficient (Wildman–Crippen LogP) is 4.02. The van der Waals surface area contributed by atoms with E-state index in [2.05, 4.69) is 0 Å². The number of nitrogens with zero attached hydrogens (tertiary/aromatic N) is 1. The molecular weight excluding hydrogens is 222 g/mol. The summed E-state index contributed by atoms with van der Waals surface area (Å²) >= 11 is 0. The maximum absolute atomic E-state index is 12.4. The molecule has 1 aromatic rings. The van der Waals surface area contributed by atoms with Crippen LogP contribution in [-0.4, -0.2) is 0 Å². The number of hydrogen-bond acceptors (Lipinski definition) is 1. The van der Waals surface area contributed by atoms with Gasteiger partial charge in [-0.3, -0.25) is 0 Å². The summed E-state index contributed by atoms with van der Waals surface area (Å²) in [6.07, 6.45) is -5.23. The van der Waals surface area contributed by atoms with Gasteiger partial charge in [0.15, 0.2) is 0 Å². The molecule has 0 saturated carbocycles. The average Bonchev–Trinajstić information content (AvgIpc) is 2.25. The minimum absolute atomic E-state index is 0.120. The Morgan fingerprint density at radius 1 is 1.00 bits per heavy atom. The van der Waals surface area contributed by atoms with Crippen LogP contribution in [-0.2, 0) is 6.42 Å². The Bertz CT molecular complexity index is 369. The first-order valence-electron chi connectivity index (χ1n) is 4.61. The van der Waals surface area contributed by atoms with Crippen LogP contribution >= 0.6 is 0 Å².